The number of nitro groups is 1. The molecule has 0 atom stereocenters. The van der Waals surface area contributed by atoms with E-state index in [1.54, 1.807) is 0 Å². The summed E-state index contributed by atoms with van der Waals surface area (Å²) in [7, 11) is 0. The Bertz CT molecular complexity index is 418. The molecule has 0 aliphatic carbocycles. The molecule has 0 unspecified atom stereocenters. The van der Waals surface area contributed by atoms with Gasteiger partial charge in [-0.05, 0) is 12.0 Å². The van der Waals surface area contributed by atoms with Crippen molar-refractivity contribution >= 4 is 11.6 Å². The van der Waals surface area contributed by atoms with Crippen molar-refractivity contribution < 1.29 is 14.6 Å². The van der Waals surface area contributed by atoms with E-state index < -0.39 is 10.8 Å². The van der Waals surface area contributed by atoms with E-state index in [-0.39, 0.29) is 11.3 Å². The number of carbonyl (C=O) groups is 1. The molecule has 1 rings (SSSR count). The molecular formula is C11H14N2O4. The van der Waals surface area contributed by atoms with Gasteiger partial charge in [-0.3, -0.25) is 19.7 Å². The van der Waals surface area contributed by atoms with Crippen LogP contribution in [-0.4, -0.2) is 17.4 Å². The zero-order chi connectivity index (χ0) is 12.8. The molecule has 17 heavy (non-hydrogen) atoms. The number of nitrogens with one attached hydrogen (secondary N) is 1. The highest BCUT2D eigenvalue weighted by molar-refractivity contribution is 5.94. The first-order valence-electron chi connectivity index (χ1n) is 5.17. The number of carbonyl (C=O) groups excluding carboxylic acids is 1. The predicted octanol–water partition coefficient (Wildman–Crippen LogP) is 1.91. The van der Waals surface area contributed by atoms with Crippen LogP contribution >= 0.6 is 0 Å². The van der Waals surface area contributed by atoms with Gasteiger partial charge in [0.25, 0.3) is 11.6 Å². The second-order valence-corrected chi connectivity index (χ2v) is 3.94. The molecule has 0 spiro atoms. The van der Waals surface area contributed by atoms with E-state index in [1.165, 1.54) is 24.3 Å². The standard InChI is InChI=1S/C11H14N2O4/c1-8(2)7-17-12-11(14)9-4-3-5-10(6-9)13(15)16/h3-6,8H,7H2,1-2H3,(H,12,14). The average molecular weight is 238 g/mol. The number of rotatable bonds is 5. The van der Waals surface area contributed by atoms with E-state index in [4.69, 9.17) is 4.84 Å². The maximum Gasteiger partial charge on any atom is 0.275 e. The molecule has 1 amide bonds. The van der Waals surface area contributed by atoms with Crippen molar-refractivity contribution in [1.82, 2.24) is 5.48 Å². The van der Waals surface area contributed by atoms with Gasteiger partial charge in [-0.25, -0.2) is 5.48 Å². The fourth-order valence-corrected chi connectivity index (χ4v) is 1.09. The van der Waals surface area contributed by atoms with Crippen LogP contribution in [0.25, 0.3) is 0 Å². The summed E-state index contributed by atoms with van der Waals surface area (Å²) in [6.45, 7) is 4.28. The Balaban J connectivity index is 2.63. The quantitative estimate of drug-likeness (QED) is 0.627. The summed E-state index contributed by atoms with van der Waals surface area (Å²) in [6.07, 6.45) is 0. The van der Waals surface area contributed by atoms with Crippen molar-refractivity contribution in [3.05, 3.63) is 39.9 Å². The van der Waals surface area contributed by atoms with Crippen LogP contribution in [0.3, 0.4) is 0 Å². The zero-order valence-corrected chi connectivity index (χ0v) is 9.67. The molecule has 1 aromatic rings. The summed E-state index contributed by atoms with van der Waals surface area (Å²) in [6, 6.07) is 5.47. The Hall–Kier alpha value is -1.95. The molecule has 1 aromatic carbocycles. The molecule has 92 valence electrons. The highest BCUT2D eigenvalue weighted by Gasteiger charge is 2.11. The molecule has 0 fully saturated rings. The van der Waals surface area contributed by atoms with Crippen LogP contribution < -0.4 is 5.48 Å². The molecule has 0 saturated heterocycles. The number of hydrogen-bond donors (Lipinski definition) is 1. The fourth-order valence-electron chi connectivity index (χ4n) is 1.09. The van der Waals surface area contributed by atoms with Crippen molar-refractivity contribution in [2.24, 2.45) is 5.92 Å². The van der Waals surface area contributed by atoms with Gasteiger partial charge in [0.1, 0.15) is 0 Å². The number of non-ortho nitro benzene ring substituents is 1. The van der Waals surface area contributed by atoms with Gasteiger partial charge in [-0.1, -0.05) is 19.9 Å². The van der Waals surface area contributed by atoms with Gasteiger partial charge in [0, 0.05) is 17.7 Å². The normalized spacial score (nSPS) is 10.3. The van der Waals surface area contributed by atoms with Crippen LogP contribution in [0.4, 0.5) is 5.69 Å². The topological polar surface area (TPSA) is 81.5 Å². The Morgan fingerprint density at radius 2 is 2.24 bits per heavy atom. The van der Waals surface area contributed by atoms with E-state index in [0.29, 0.717) is 12.5 Å². The van der Waals surface area contributed by atoms with Crippen LogP contribution in [0.15, 0.2) is 24.3 Å². The molecule has 6 heteroatoms. The minimum atomic E-state index is -0.550. The van der Waals surface area contributed by atoms with E-state index >= 15 is 0 Å². The summed E-state index contributed by atoms with van der Waals surface area (Å²) < 4.78 is 0. The van der Waals surface area contributed by atoms with E-state index in [9.17, 15) is 14.9 Å². The Morgan fingerprint density at radius 3 is 2.82 bits per heavy atom. The van der Waals surface area contributed by atoms with Gasteiger partial charge in [-0.2, -0.15) is 0 Å². The Kier molecular flexibility index (Phi) is 4.59. The largest absolute Gasteiger partial charge is 0.275 e. The minimum absolute atomic E-state index is 0.124. The molecule has 0 aliphatic rings. The number of hydroxylamine groups is 1. The highest BCUT2D eigenvalue weighted by Crippen LogP contribution is 2.12. The molecule has 0 heterocycles. The highest BCUT2D eigenvalue weighted by atomic mass is 16.7. The first-order valence-corrected chi connectivity index (χ1v) is 5.17. The van der Waals surface area contributed by atoms with Gasteiger partial charge in [0.05, 0.1) is 11.5 Å². The number of nitro benzene ring substituents is 1. The monoisotopic (exact) mass is 238 g/mol. The van der Waals surface area contributed by atoms with E-state index in [1.807, 2.05) is 13.8 Å². The van der Waals surface area contributed by atoms with E-state index in [2.05, 4.69) is 5.48 Å². The Labute approximate surface area is 98.7 Å². The van der Waals surface area contributed by atoms with Gasteiger partial charge in [-0.15, -0.1) is 0 Å². The van der Waals surface area contributed by atoms with Crippen molar-refractivity contribution in [3.63, 3.8) is 0 Å². The maximum atomic E-state index is 11.5. The lowest BCUT2D eigenvalue weighted by Gasteiger charge is -2.07. The van der Waals surface area contributed by atoms with Crippen molar-refractivity contribution in [2.45, 2.75) is 13.8 Å². The molecule has 0 aromatic heterocycles. The molecular weight excluding hydrogens is 224 g/mol. The zero-order valence-electron chi connectivity index (χ0n) is 9.67. The van der Waals surface area contributed by atoms with Crippen molar-refractivity contribution in [2.75, 3.05) is 6.61 Å². The van der Waals surface area contributed by atoms with Crippen LogP contribution in [0.1, 0.15) is 24.2 Å². The predicted molar refractivity (Wildman–Crippen MR) is 61.4 cm³/mol. The lowest BCUT2D eigenvalue weighted by molar-refractivity contribution is -0.384. The van der Waals surface area contributed by atoms with Crippen LogP contribution in [0.2, 0.25) is 0 Å². The van der Waals surface area contributed by atoms with Crippen LogP contribution in [0.5, 0.6) is 0 Å². The lowest BCUT2D eigenvalue weighted by Crippen LogP contribution is -2.25. The first kappa shape index (κ1) is 13.1. The third-order valence-corrected chi connectivity index (χ3v) is 1.90. The third-order valence-electron chi connectivity index (χ3n) is 1.90. The summed E-state index contributed by atoms with van der Waals surface area (Å²) in [5.41, 5.74) is 2.31. The lowest BCUT2D eigenvalue weighted by atomic mass is 10.2. The van der Waals surface area contributed by atoms with Gasteiger partial charge >= 0.3 is 0 Å². The molecule has 0 radical (unpaired) electrons. The first-order chi connectivity index (χ1) is 8.00. The number of amides is 1. The van der Waals surface area contributed by atoms with Crippen LogP contribution in [0, 0.1) is 16.0 Å². The molecule has 0 saturated carbocycles. The second kappa shape index (κ2) is 5.95. The number of benzene rings is 1. The Morgan fingerprint density at radius 1 is 1.53 bits per heavy atom. The summed E-state index contributed by atoms with van der Waals surface area (Å²) in [5.74, 6) is -0.199. The average Bonchev–Trinajstić information content (AvgIpc) is 2.28. The molecule has 6 nitrogen and oxygen atoms in total. The minimum Gasteiger partial charge on any atom is -0.273 e. The summed E-state index contributed by atoms with van der Waals surface area (Å²) in [5, 5.41) is 10.5. The van der Waals surface area contributed by atoms with E-state index in [0.717, 1.165) is 0 Å². The third kappa shape index (κ3) is 4.20. The number of hydrogen-bond acceptors (Lipinski definition) is 4. The number of nitrogens with zero attached hydrogens (tertiary/aromatic N) is 1. The second-order valence-electron chi connectivity index (χ2n) is 3.94. The smallest absolute Gasteiger partial charge is 0.273 e. The van der Waals surface area contributed by atoms with Crippen molar-refractivity contribution in [3.8, 4) is 0 Å². The van der Waals surface area contributed by atoms with Gasteiger partial charge in [0.2, 0.25) is 0 Å². The van der Waals surface area contributed by atoms with Crippen LogP contribution in [-0.2, 0) is 4.84 Å². The summed E-state index contributed by atoms with van der Waals surface area (Å²) in [4.78, 5) is 26.5. The van der Waals surface area contributed by atoms with Gasteiger partial charge < -0.3 is 0 Å². The van der Waals surface area contributed by atoms with Crippen molar-refractivity contribution in [1.29, 1.82) is 0 Å². The molecule has 0 aliphatic heterocycles. The SMILES string of the molecule is CC(C)CONC(=O)c1cccc([N+](=O)[O-])c1. The molecule has 0 bridgehead atoms. The summed E-state index contributed by atoms with van der Waals surface area (Å²) >= 11 is 0. The maximum absolute atomic E-state index is 11.5. The molecule has 1 N–H and O–H groups in total. The fraction of sp³-hybridized carbons (Fsp3) is 0.364. The van der Waals surface area contributed by atoms with Gasteiger partial charge in [0.15, 0.2) is 0 Å².